The smallest absolute Gasteiger partial charge is 0.412 e. The average Bonchev–Trinajstić information content (AvgIpc) is 3.24. The number of benzene rings is 3. The Balaban J connectivity index is 1.61. The van der Waals surface area contributed by atoms with Crippen molar-refractivity contribution in [2.75, 3.05) is 33.5 Å². The first-order valence-electron chi connectivity index (χ1n) is 20.3. The van der Waals surface area contributed by atoms with E-state index in [1.165, 1.54) is 19.2 Å². The predicted molar refractivity (Wildman–Crippen MR) is 219 cm³/mol. The van der Waals surface area contributed by atoms with Crippen molar-refractivity contribution >= 4 is 17.7 Å². The van der Waals surface area contributed by atoms with Crippen LogP contribution in [-0.2, 0) is 16.1 Å². The zero-order chi connectivity index (χ0) is 41.9. The summed E-state index contributed by atoms with van der Waals surface area (Å²) in [6.07, 6.45) is 7.63. The van der Waals surface area contributed by atoms with Gasteiger partial charge < -0.3 is 39.5 Å². The molecular weight excluding hydrogens is 756 g/mol. The molecule has 59 heavy (non-hydrogen) atoms. The summed E-state index contributed by atoms with van der Waals surface area (Å²) in [5.41, 5.74) is 3.62. The Labute approximate surface area is 344 Å². The lowest BCUT2D eigenvalue weighted by Gasteiger charge is -2.60. The van der Waals surface area contributed by atoms with E-state index in [4.69, 9.17) is 19.0 Å². The summed E-state index contributed by atoms with van der Waals surface area (Å²) in [7, 11) is 1.48. The highest BCUT2D eigenvalue weighted by Gasteiger charge is 2.65. The maximum Gasteiger partial charge on any atom is 0.412 e. The second kappa shape index (κ2) is 19.9. The van der Waals surface area contributed by atoms with Gasteiger partial charge in [0.1, 0.15) is 30.5 Å². The number of aliphatic hydroxyl groups excluding tert-OH is 2. The summed E-state index contributed by atoms with van der Waals surface area (Å²) >= 11 is 0. The van der Waals surface area contributed by atoms with Gasteiger partial charge in [-0.3, -0.25) is 4.79 Å². The standard InChI is InChI=1S/C46H53FN4O8/c1-4-24-57-46-41(51(29-31-14-18-34(47)19-15-31)44(54)32-16-12-30(28-48)13-17-32)27-39(50-56-3)37-25-33(10-6-8-22-52)36(11-7-9-23-53)42(43(37)46)38-26-35(20-21-40(38)59-46)58-45(55)49-5-2/h4,12-21,25-26,33,36,41-43,52-53H,1,5-11,22-24,27,29H2,2-3H3,(H,49,55). The van der Waals surface area contributed by atoms with Crippen molar-refractivity contribution in [3.63, 3.8) is 0 Å². The monoisotopic (exact) mass is 808 g/mol. The lowest BCUT2D eigenvalue weighted by atomic mass is 9.55. The number of oxime groups is 1. The molecule has 312 valence electrons. The van der Waals surface area contributed by atoms with Crippen molar-refractivity contribution in [3.05, 3.63) is 119 Å². The molecule has 2 amide bonds. The Hall–Kier alpha value is -5.55. The third-order valence-electron chi connectivity index (χ3n) is 11.5. The van der Waals surface area contributed by atoms with Gasteiger partial charge in [-0.15, -0.1) is 6.58 Å². The molecule has 1 fully saturated rings. The molecule has 6 rings (SSSR count). The molecule has 3 aromatic rings. The number of nitriles is 1. The first-order valence-corrected chi connectivity index (χ1v) is 20.3. The van der Waals surface area contributed by atoms with Gasteiger partial charge in [0.05, 0.1) is 29.9 Å². The molecule has 1 heterocycles. The lowest BCUT2D eigenvalue weighted by Crippen LogP contribution is -2.70. The van der Waals surface area contributed by atoms with E-state index in [0.717, 1.165) is 36.8 Å². The third kappa shape index (κ3) is 9.36. The quantitative estimate of drug-likeness (QED) is 0.0675. The highest BCUT2D eigenvalue weighted by molar-refractivity contribution is 6.03. The van der Waals surface area contributed by atoms with E-state index in [-0.39, 0.29) is 56.4 Å². The minimum Gasteiger partial charge on any atom is -0.459 e. The molecule has 0 bridgehead atoms. The zero-order valence-corrected chi connectivity index (χ0v) is 33.6. The van der Waals surface area contributed by atoms with Crippen LogP contribution in [-0.4, -0.2) is 78.1 Å². The van der Waals surface area contributed by atoms with Gasteiger partial charge in [0.2, 0.25) is 5.79 Å². The number of amides is 2. The number of nitrogens with zero attached hydrogens (tertiary/aromatic N) is 3. The van der Waals surface area contributed by atoms with E-state index < -0.39 is 29.7 Å². The Morgan fingerprint density at radius 2 is 1.80 bits per heavy atom. The summed E-state index contributed by atoms with van der Waals surface area (Å²) < 4.78 is 34.3. The van der Waals surface area contributed by atoms with Gasteiger partial charge in [-0.25, -0.2) is 9.18 Å². The Bertz CT molecular complexity index is 2050. The SMILES string of the molecule is C=CCOC12Oc3ccc(OC(=O)NCC)cc3C3C(CCCCO)C(CCCCO)C=C(C(=NOC)CC1N(Cc1ccc(F)cc1)C(=O)c1ccc(C#N)cc1)C32. The van der Waals surface area contributed by atoms with Crippen LogP contribution in [0.5, 0.6) is 11.5 Å². The molecule has 6 unspecified atom stereocenters. The minimum atomic E-state index is -1.56. The third-order valence-corrected chi connectivity index (χ3v) is 11.5. The van der Waals surface area contributed by atoms with Crippen molar-refractivity contribution < 1.29 is 43.2 Å². The number of carbonyl (C=O) groups is 2. The highest BCUT2D eigenvalue weighted by atomic mass is 19.1. The number of halogens is 1. The molecule has 3 aliphatic rings. The summed E-state index contributed by atoms with van der Waals surface area (Å²) in [6, 6.07) is 18.9. The van der Waals surface area contributed by atoms with Crippen LogP contribution in [0.2, 0.25) is 0 Å². The fourth-order valence-electron chi connectivity index (χ4n) is 9.07. The summed E-state index contributed by atoms with van der Waals surface area (Å²) in [5.74, 6) is -2.52. The van der Waals surface area contributed by atoms with Crippen LogP contribution >= 0.6 is 0 Å². The highest BCUT2D eigenvalue weighted by Crippen LogP contribution is 2.62. The van der Waals surface area contributed by atoms with Crippen molar-refractivity contribution in [2.45, 2.75) is 76.2 Å². The van der Waals surface area contributed by atoms with Gasteiger partial charge in [-0.05, 0) is 110 Å². The number of aliphatic hydroxyl groups is 2. The van der Waals surface area contributed by atoms with E-state index in [2.05, 4.69) is 29.2 Å². The van der Waals surface area contributed by atoms with Gasteiger partial charge >= 0.3 is 6.09 Å². The fourth-order valence-corrected chi connectivity index (χ4v) is 9.07. The number of unbranched alkanes of at least 4 members (excludes halogenated alkanes) is 2. The van der Waals surface area contributed by atoms with Crippen LogP contribution in [0.15, 0.2) is 96.2 Å². The number of allylic oxidation sites excluding steroid dienone is 1. The lowest BCUT2D eigenvalue weighted by molar-refractivity contribution is -0.255. The number of hydrogen-bond acceptors (Lipinski definition) is 10. The van der Waals surface area contributed by atoms with Crippen LogP contribution in [0.1, 0.15) is 84.8 Å². The maximum atomic E-state index is 15.1. The van der Waals surface area contributed by atoms with Gasteiger partial charge in [-0.1, -0.05) is 42.3 Å². The van der Waals surface area contributed by atoms with Crippen molar-refractivity contribution in [1.82, 2.24) is 10.2 Å². The van der Waals surface area contributed by atoms with Gasteiger partial charge in [0.25, 0.3) is 5.91 Å². The van der Waals surface area contributed by atoms with Gasteiger partial charge in [0.15, 0.2) is 0 Å². The molecule has 0 saturated heterocycles. The molecule has 0 radical (unpaired) electrons. The Kier molecular flexibility index (Phi) is 14.5. The number of carbonyl (C=O) groups excluding carboxylic acids is 2. The fraction of sp³-hybridized carbons (Fsp3) is 0.435. The molecule has 0 spiro atoms. The Morgan fingerprint density at radius 1 is 1.07 bits per heavy atom. The average molecular weight is 809 g/mol. The number of hydrogen-bond donors (Lipinski definition) is 3. The molecule has 0 aromatic heterocycles. The molecule has 13 heteroatoms. The normalized spacial score (nSPS) is 23.4. The second-order valence-electron chi connectivity index (χ2n) is 15.1. The molecule has 1 saturated carbocycles. The molecule has 6 atom stereocenters. The van der Waals surface area contributed by atoms with E-state index in [1.807, 2.05) is 6.07 Å². The molecule has 2 aliphatic carbocycles. The second-order valence-corrected chi connectivity index (χ2v) is 15.1. The van der Waals surface area contributed by atoms with Gasteiger partial charge in [-0.2, -0.15) is 5.26 Å². The summed E-state index contributed by atoms with van der Waals surface area (Å²) in [6.45, 7) is 6.37. The molecule has 12 nitrogen and oxygen atoms in total. The van der Waals surface area contributed by atoms with Crippen LogP contribution in [0.4, 0.5) is 9.18 Å². The van der Waals surface area contributed by atoms with Crippen LogP contribution in [0.3, 0.4) is 0 Å². The first-order chi connectivity index (χ1) is 28.7. The van der Waals surface area contributed by atoms with Crippen LogP contribution in [0, 0.1) is 34.9 Å². The number of fused-ring (bicyclic) bond motifs is 2. The molecule has 3 aromatic carbocycles. The van der Waals surface area contributed by atoms with E-state index >= 15 is 4.79 Å². The van der Waals surface area contributed by atoms with Crippen molar-refractivity contribution in [2.24, 2.45) is 22.9 Å². The zero-order valence-electron chi connectivity index (χ0n) is 33.6. The predicted octanol–water partition coefficient (Wildman–Crippen LogP) is 7.41. The van der Waals surface area contributed by atoms with Gasteiger partial charge in [0, 0.05) is 49.8 Å². The summed E-state index contributed by atoms with van der Waals surface area (Å²) in [5, 5.41) is 36.5. The maximum absolute atomic E-state index is 15.1. The number of ether oxygens (including phenoxy) is 3. The van der Waals surface area contributed by atoms with Crippen molar-refractivity contribution in [3.8, 4) is 17.6 Å². The van der Waals surface area contributed by atoms with E-state index in [1.54, 1.807) is 66.4 Å². The summed E-state index contributed by atoms with van der Waals surface area (Å²) in [4.78, 5) is 35.0. The Morgan fingerprint density at radius 3 is 2.46 bits per heavy atom. The molecule has 1 aliphatic heterocycles. The minimum absolute atomic E-state index is 0.00159. The number of nitrogens with one attached hydrogen (secondary N) is 1. The number of rotatable bonds is 18. The van der Waals surface area contributed by atoms with Crippen LogP contribution < -0.4 is 14.8 Å². The largest absolute Gasteiger partial charge is 0.459 e. The van der Waals surface area contributed by atoms with E-state index in [9.17, 15) is 24.7 Å². The topological polar surface area (TPSA) is 163 Å². The first kappa shape index (κ1) is 43.0. The molecule has 3 N–H and O–H groups in total. The van der Waals surface area contributed by atoms with E-state index in [0.29, 0.717) is 53.3 Å². The van der Waals surface area contributed by atoms with Crippen LogP contribution in [0.25, 0.3) is 0 Å². The van der Waals surface area contributed by atoms with Crippen molar-refractivity contribution in [1.29, 1.82) is 5.26 Å². The molecular formula is C46H53FN4O8.